The summed E-state index contributed by atoms with van der Waals surface area (Å²) in [5.74, 6) is -0.456. The second-order valence-electron chi connectivity index (χ2n) is 4.39. The second kappa shape index (κ2) is 6.56. The first kappa shape index (κ1) is 15.3. The van der Waals surface area contributed by atoms with Gasteiger partial charge in [0.15, 0.2) is 15.2 Å². The molecule has 0 saturated carbocycles. The molecule has 20 heavy (non-hydrogen) atoms. The zero-order chi connectivity index (χ0) is 14.7. The maximum Gasteiger partial charge on any atom is 0.351 e. The molecule has 0 aliphatic heterocycles. The fourth-order valence-electron chi connectivity index (χ4n) is 1.74. The van der Waals surface area contributed by atoms with Crippen LogP contribution in [0.1, 0.15) is 26.3 Å². The van der Waals surface area contributed by atoms with E-state index in [0.717, 1.165) is 6.42 Å². The van der Waals surface area contributed by atoms with Gasteiger partial charge in [-0.3, -0.25) is 0 Å². The van der Waals surface area contributed by atoms with E-state index < -0.39 is 5.97 Å². The number of thiazole rings is 1. The number of aryl methyl sites for hydroxylation is 1. The maximum absolute atomic E-state index is 11.5. The van der Waals surface area contributed by atoms with Crippen molar-refractivity contribution in [2.75, 3.05) is 12.4 Å². The lowest BCUT2D eigenvalue weighted by Crippen LogP contribution is -2.17. The van der Waals surface area contributed by atoms with Crippen molar-refractivity contribution in [1.29, 1.82) is 0 Å². The largest absolute Gasteiger partial charge is 0.465 e. The van der Waals surface area contributed by atoms with E-state index >= 15 is 0 Å². The molecule has 0 radical (unpaired) electrons. The van der Waals surface area contributed by atoms with Gasteiger partial charge in [-0.05, 0) is 26.0 Å². The smallest absolute Gasteiger partial charge is 0.351 e. The fraction of sp³-hybridized carbons (Fsp3) is 0.385. The van der Waals surface area contributed by atoms with Crippen LogP contribution in [0.15, 0.2) is 12.1 Å². The molecular weight excluding hydrogens is 316 g/mol. The molecule has 0 aliphatic rings. The van der Waals surface area contributed by atoms with Gasteiger partial charge >= 0.3 is 5.97 Å². The third-order valence-electron chi connectivity index (χ3n) is 2.63. The number of halogens is 1. The summed E-state index contributed by atoms with van der Waals surface area (Å²) < 4.78 is 4.65. The molecule has 2 rings (SSSR count). The van der Waals surface area contributed by atoms with E-state index in [-0.39, 0.29) is 11.2 Å². The van der Waals surface area contributed by atoms with Crippen LogP contribution in [0.4, 0.5) is 5.13 Å². The normalized spacial score (nSPS) is 12.2. The van der Waals surface area contributed by atoms with Crippen molar-refractivity contribution in [3.8, 4) is 0 Å². The van der Waals surface area contributed by atoms with E-state index in [4.69, 9.17) is 11.6 Å². The van der Waals surface area contributed by atoms with Gasteiger partial charge in [-0.2, -0.15) is 0 Å². The number of methoxy groups -OCH3 is 1. The zero-order valence-corrected chi connectivity index (χ0v) is 13.8. The number of carbonyl (C=O) groups is 1. The number of carbonyl (C=O) groups excluding carboxylic acids is 1. The number of anilines is 1. The number of nitrogens with zero attached hydrogens (tertiary/aromatic N) is 1. The number of nitrogens with one attached hydrogen (secondary N) is 1. The predicted molar refractivity (Wildman–Crippen MR) is 84.3 cm³/mol. The fourth-order valence-corrected chi connectivity index (χ4v) is 3.97. The molecule has 1 unspecified atom stereocenters. The Kier molecular flexibility index (Phi) is 5.01. The SMILES string of the molecule is COC(=O)c1sc(NC(C)Cc2ccc(C)s2)nc1Cl. The summed E-state index contributed by atoms with van der Waals surface area (Å²) >= 11 is 8.92. The van der Waals surface area contributed by atoms with Crippen LogP contribution in [0.3, 0.4) is 0 Å². The van der Waals surface area contributed by atoms with Gasteiger partial charge in [0.25, 0.3) is 0 Å². The number of esters is 1. The summed E-state index contributed by atoms with van der Waals surface area (Å²) in [4.78, 5) is 18.6. The highest BCUT2D eigenvalue weighted by Gasteiger charge is 2.18. The van der Waals surface area contributed by atoms with Gasteiger partial charge in [0.1, 0.15) is 0 Å². The van der Waals surface area contributed by atoms with E-state index in [2.05, 4.69) is 41.0 Å². The van der Waals surface area contributed by atoms with Gasteiger partial charge in [-0.15, -0.1) is 11.3 Å². The minimum Gasteiger partial charge on any atom is -0.465 e. The van der Waals surface area contributed by atoms with E-state index in [1.807, 2.05) is 0 Å². The van der Waals surface area contributed by atoms with Crippen LogP contribution in [-0.2, 0) is 11.2 Å². The van der Waals surface area contributed by atoms with E-state index in [1.165, 1.54) is 28.2 Å². The van der Waals surface area contributed by atoms with E-state index in [0.29, 0.717) is 10.0 Å². The molecule has 0 bridgehead atoms. The highest BCUT2D eigenvalue weighted by atomic mass is 35.5. The Bertz CT molecular complexity index is 609. The lowest BCUT2D eigenvalue weighted by Gasteiger charge is -2.11. The number of thiophene rings is 1. The third-order valence-corrected chi connectivity index (χ3v) is 5.01. The van der Waals surface area contributed by atoms with Gasteiger partial charge in [0.2, 0.25) is 0 Å². The van der Waals surface area contributed by atoms with Crippen LogP contribution in [0.2, 0.25) is 5.15 Å². The summed E-state index contributed by atoms with van der Waals surface area (Å²) in [6.45, 7) is 4.16. The second-order valence-corrected chi connectivity index (χ2v) is 7.12. The molecule has 7 heteroatoms. The molecule has 0 aliphatic carbocycles. The highest BCUT2D eigenvalue weighted by molar-refractivity contribution is 7.18. The molecule has 1 N–H and O–H groups in total. The lowest BCUT2D eigenvalue weighted by molar-refractivity contribution is 0.0606. The molecule has 0 saturated heterocycles. The van der Waals surface area contributed by atoms with Crippen LogP contribution in [0.5, 0.6) is 0 Å². The number of hydrogen-bond donors (Lipinski definition) is 1. The highest BCUT2D eigenvalue weighted by Crippen LogP contribution is 2.28. The number of rotatable bonds is 5. The molecule has 0 aromatic carbocycles. The zero-order valence-electron chi connectivity index (χ0n) is 11.4. The standard InChI is InChI=1S/C13H15ClN2O2S2/c1-7(6-9-5-4-8(2)19-9)15-13-16-11(14)10(20-13)12(17)18-3/h4-5,7H,6H2,1-3H3,(H,15,16). The number of ether oxygens (including phenoxy) is 1. The van der Waals surface area contributed by atoms with Gasteiger partial charge in [-0.1, -0.05) is 22.9 Å². The summed E-state index contributed by atoms with van der Waals surface area (Å²) in [5.41, 5.74) is 0. The molecule has 0 fully saturated rings. The molecule has 0 amide bonds. The Hall–Kier alpha value is -1.11. The molecule has 108 valence electrons. The average Bonchev–Trinajstić information content (AvgIpc) is 2.94. The quantitative estimate of drug-likeness (QED) is 0.842. The Morgan fingerprint density at radius 3 is 2.85 bits per heavy atom. The van der Waals surface area contributed by atoms with Crippen LogP contribution in [0, 0.1) is 6.92 Å². The van der Waals surface area contributed by atoms with Crippen molar-refractivity contribution in [2.45, 2.75) is 26.3 Å². The Labute approximate surface area is 130 Å². The third kappa shape index (κ3) is 3.71. The summed E-state index contributed by atoms with van der Waals surface area (Å²) in [7, 11) is 1.33. The van der Waals surface area contributed by atoms with Gasteiger partial charge in [0, 0.05) is 22.2 Å². The molecular formula is C13H15ClN2O2S2. The maximum atomic E-state index is 11.5. The first-order chi connectivity index (χ1) is 9.49. The summed E-state index contributed by atoms with van der Waals surface area (Å²) in [6.07, 6.45) is 0.906. The lowest BCUT2D eigenvalue weighted by atomic mass is 10.2. The van der Waals surface area contributed by atoms with Crippen molar-refractivity contribution < 1.29 is 9.53 Å². The van der Waals surface area contributed by atoms with E-state index in [9.17, 15) is 4.79 Å². The summed E-state index contributed by atoms with van der Waals surface area (Å²) in [5, 5.41) is 4.08. The van der Waals surface area contributed by atoms with Crippen molar-refractivity contribution >= 4 is 45.4 Å². The van der Waals surface area contributed by atoms with Crippen molar-refractivity contribution in [2.24, 2.45) is 0 Å². The van der Waals surface area contributed by atoms with Crippen molar-refractivity contribution in [3.05, 3.63) is 31.9 Å². The van der Waals surface area contributed by atoms with Crippen molar-refractivity contribution in [1.82, 2.24) is 4.98 Å². The Morgan fingerprint density at radius 1 is 1.50 bits per heavy atom. The minimum atomic E-state index is -0.456. The van der Waals surface area contributed by atoms with Gasteiger partial charge < -0.3 is 10.1 Å². The molecule has 2 aromatic heterocycles. The average molecular weight is 331 g/mol. The van der Waals surface area contributed by atoms with Crippen LogP contribution < -0.4 is 5.32 Å². The molecule has 1 atom stereocenters. The van der Waals surface area contributed by atoms with Crippen LogP contribution in [-0.4, -0.2) is 24.1 Å². The Balaban J connectivity index is 2.01. The molecule has 0 spiro atoms. The van der Waals surface area contributed by atoms with Crippen LogP contribution >= 0.6 is 34.3 Å². The first-order valence-electron chi connectivity index (χ1n) is 6.06. The predicted octanol–water partition coefficient (Wildman–Crippen LogP) is 4.00. The van der Waals surface area contributed by atoms with E-state index in [1.54, 1.807) is 11.3 Å². The first-order valence-corrected chi connectivity index (χ1v) is 8.07. The van der Waals surface area contributed by atoms with Crippen molar-refractivity contribution in [3.63, 3.8) is 0 Å². The summed E-state index contributed by atoms with van der Waals surface area (Å²) in [6, 6.07) is 4.45. The Morgan fingerprint density at radius 2 is 2.25 bits per heavy atom. The minimum absolute atomic E-state index is 0.184. The van der Waals surface area contributed by atoms with Gasteiger partial charge in [0.05, 0.1) is 7.11 Å². The molecule has 2 aromatic rings. The monoisotopic (exact) mass is 330 g/mol. The number of hydrogen-bond acceptors (Lipinski definition) is 6. The van der Waals surface area contributed by atoms with Gasteiger partial charge in [-0.25, -0.2) is 9.78 Å². The van der Waals surface area contributed by atoms with Crippen LogP contribution in [0.25, 0.3) is 0 Å². The number of aromatic nitrogens is 1. The topological polar surface area (TPSA) is 51.2 Å². The molecule has 4 nitrogen and oxygen atoms in total. The molecule has 2 heterocycles.